The van der Waals surface area contributed by atoms with E-state index in [0.29, 0.717) is 5.69 Å². The number of nitrogens with zero attached hydrogens (tertiary/aromatic N) is 2. The molecule has 100 valence electrons. The minimum Gasteiger partial charge on any atom is -0.409 e. The van der Waals surface area contributed by atoms with Crippen molar-refractivity contribution in [2.45, 2.75) is 0 Å². The van der Waals surface area contributed by atoms with Crippen molar-refractivity contribution < 1.29 is 19.8 Å². The van der Waals surface area contributed by atoms with Crippen molar-refractivity contribution in [2.75, 3.05) is 31.2 Å². The van der Waals surface area contributed by atoms with Gasteiger partial charge in [0.1, 0.15) is 5.82 Å². The maximum atomic E-state index is 13.7. The van der Waals surface area contributed by atoms with E-state index in [4.69, 9.17) is 21.2 Å². The van der Waals surface area contributed by atoms with E-state index in [1.54, 1.807) is 11.0 Å². The van der Waals surface area contributed by atoms with Crippen molar-refractivity contribution in [3.63, 3.8) is 0 Å². The Balaban J connectivity index is 3.24. The maximum absolute atomic E-state index is 13.7. The Morgan fingerprint density at radius 2 is 1.89 bits per heavy atom. The van der Waals surface area contributed by atoms with Crippen LogP contribution in [-0.4, -0.2) is 47.6 Å². The number of aliphatic hydroxyl groups is 2. The molecule has 0 spiro atoms. The van der Waals surface area contributed by atoms with Gasteiger partial charge in [-0.2, -0.15) is 0 Å². The first kappa shape index (κ1) is 14.2. The fraction of sp³-hybridized carbons (Fsp3) is 0.364. The first-order chi connectivity index (χ1) is 8.65. The van der Waals surface area contributed by atoms with E-state index < -0.39 is 5.82 Å². The Morgan fingerprint density at radius 1 is 1.28 bits per heavy atom. The molecule has 6 nitrogen and oxygen atoms in total. The molecular weight excluding hydrogens is 241 g/mol. The highest BCUT2D eigenvalue weighted by Gasteiger charge is 2.17. The topological polar surface area (TPSA) is 102 Å². The summed E-state index contributed by atoms with van der Waals surface area (Å²) in [7, 11) is 0. The number of oxime groups is 1. The molecule has 0 aromatic heterocycles. The normalized spacial score (nSPS) is 11.6. The molecule has 0 saturated heterocycles. The molecular formula is C11H16FN3O3. The predicted octanol–water partition coefficient (Wildman–Crippen LogP) is -0.289. The van der Waals surface area contributed by atoms with Crippen LogP contribution >= 0.6 is 0 Å². The molecule has 0 aliphatic carbocycles. The molecule has 0 atom stereocenters. The lowest BCUT2D eigenvalue weighted by Crippen LogP contribution is -2.32. The summed E-state index contributed by atoms with van der Waals surface area (Å²) in [5.41, 5.74) is 5.74. The van der Waals surface area contributed by atoms with E-state index in [9.17, 15) is 4.39 Å². The lowest BCUT2D eigenvalue weighted by atomic mass is 10.1. The molecule has 1 aromatic carbocycles. The van der Waals surface area contributed by atoms with Gasteiger partial charge in [0.15, 0.2) is 5.84 Å². The standard InChI is InChI=1S/C11H16FN3O3/c12-8-2-1-3-9(10(8)11(13)14-18)15(4-6-16)5-7-17/h1-3,16-18H,4-7H2,(H2,13,14). The van der Waals surface area contributed by atoms with Gasteiger partial charge in [-0.15, -0.1) is 0 Å². The van der Waals surface area contributed by atoms with Crippen LogP contribution in [0.15, 0.2) is 23.4 Å². The zero-order valence-electron chi connectivity index (χ0n) is 9.75. The summed E-state index contributed by atoms with van der Waals surface area (Å²) in [4.78, 5) is 1.55. The van der Waals surface area contributed by atoms with Crippen LogP contribution in [0.3, 0.4) is 0 Å². The van der Waals surface area contributed by atoms with Gasteiger partial charge in [-0.05, 0) is 12.1 Å². The van der Waals surface area contributed by atoms with Gasteiger partial charge in [0.2, 0.25) is 0 Å². The number of nitrogens with two attached hydrogens (primary N) is 1. The molecule has 0 heterocycles. The summed E-state index contributed by atoms with van der Waals surface area (Å²) in [6, 6.07) is 4.23. The first-order valence-electron chi connectivity index (χ1n) is 5.38. The molecule has 0 fully saturated rings. The summed E-state index contributed by atoms with van der Waals surface area (Å²) >= 11 is 0. The van der Waals surface area contributed by atoms with Crippen molar-refractivity contribution in [3.8, 4) is 0 Å². The number of rotatable bonds is 6. The van der Waals surface area contributed by atoms with Crippen LogP contribution in [0.4, 0.5) is 10.1 Å². The quantitative estimate of drug-likeness (QED) is 0.243. The van der Waals surface area contributed by atoms with E-state index in [2.05, 4.69) is 5.16 Å². The second-order valence-electron chi connectivity index (χ2n) is 3.55. The molecule has 0 saturated carbocycles. The van der Waals surface area contributed by atoms with Crippen LogP contribution in [0.5, 0.6) is 0 Å². The Morgan fingerprint density at radius 3 is 2.39 bits per heavy atom. The van der Waals surface area contributed by atoms with Crippen LogP contribution in [0.25, 0.3) is 0 Å². The number of aliphatic hydroxyl groups excluding tert-OH is 2. The van der Waals surface area contributed by atoms with Crippen LogP contribution < -0.4 is 10.6 Å². The van der Waals surface area contributed by atoms with Crippen molar-refractivity contribution in [1.82, 2.24) is 0 Å². The van der Waals surface area contributed by atoms with E-state index >= 15 is 0 Å². The summed E-state index contributed by atoms with van der Waals surface area (Å²) in [5.74, 6) is -0.993. The van der Waals surface area contributed by atoms with Gasteiger partial charge in [0, 0.05) is 13.1 Å². The SMILES string of the molecule is NC(=NO)c1c(F)cccc1N(CCO)CCO. The van der Waals surface area contributed by atoms with E-state index in [-0.39, 0.29) is 37.7 Å². The van der Waals surface area contributed by atoms with Gasteiger partial charge < -0.3 is 26.1 Å². The second kappa shape index (κ2) is 6.77. The van der Waals surface area contributed by atoms with Gasteiger partial charge in [-0.25, -0.2) is 4.39 Å². The third-order valence-corrected chi connectivity index (χ3v) is 2.44. The highest BCUT2D eigenvalue weighted by Crippen LogP contribution is 2.22. The number of halogens is 1. The minimum absolute atomic E-state index is 0.0538. The van der Waals surface area contributed by atoms with Gasteiger partial charge in [0.25, 0.3) is 0 Å². The number of benzene rings is 1. The predicted molar refractivity (Wildman–Crippen MR) is 65.3 cm³/mol. The molecule has 1 rings (SSSR count). The number of hydrogen-bond donors (Lipinski definition) is 4. The van der Waals surface area contributed by atoms with Crippen molar-refractivity contribution in [2.24, 2.45) is 10.9 Å². The molecule has 0 bridgehead atoms. The number of hydrogen-bond acceptors (Lipinski definition) is 5. The zero-order valence-corrected chi connectivity index (χ0v) is 9.75. The maximum Gasteiger partial charge on any atom is 0.175 e. The summed E-state index contributed by atoms with van der Waals surface area (Å²) in [5, 5.41) is 29.3. The van der Waals surface area contributed by atoms with Crippen LogP contribution in [0, 0.1) is 5.82 Å². The highest BCUT2D eigenvalue weighted by atomic mass is 19.1. The molecule has 0 radical (unpaired) electrons. The van der Waals surface area contributed by atoms with Crippen molar-refractivity contribution >= 4 is 11.5 Å². The fourth-order valence-corrected chi connectivity index (χ4v) is 1.67. The van der Waals surface area contributed by atoms with Crippen LogP contribution in [0.1, 0.15) is 5.56 Å². The van der Waals surface area contributed by atoms with E-state index in [1.807, 2.05) is 0 Å². The first-order valence-corrected chi connectivity index (χ1v) is 5.38. The molecule has 0 aliphatic rings. The third kappa shape index (κ3) is 3.08. The van der Waals surface area contributed by atoms with Gasteiger partial charge in [0.05, 0.1) is 24.5 Å². The molecule has 5 N–H and O–H groups in total. The van der Waals surface area contributed by atoms with Crippen molar-refractivity contribution in [3.05, 3.63) is 29.6 Å². The summed E-state index contributed by atoms with van der Waals surface area (Å²) in [6.07, 6.45) is 0. The average molecular weight is 257 g/mol. The number of amidine groups is 1. The molecule has 0 aliphatic heterocycles. The third-order valence-electron chi connectivity index (χ3n) is 2.44. The minimum atomic E-state index is -0.635. The van der Waals surface area contributed by atoms with E-state index in [0.717, 1.165) is 0 Å². The largest absolute Gasteiger partial charge is 0.409 e. The summed E-state index contributed by atoms with van der Waals surface area (Å²) < 4.78 is 13.7. The molecule has 0 amide bonds. The summed E-state index contributed by atoms with van der Waals surface area (Å²) in [6.45, 7) is 0.0870. The van der Waals surface area contributed by atoms with Gasteiger partial charge in [-0.3, -0.25) is 0 Å². The van der Waals surface area contributed by atoms with Gasteiger partial charge >= 0.3 is 0 Å². The Bertz CT molecular complexity index is 420. The zero-order chi connectivity index (χ0) is 13.5. The Kier molecular flexibility index (Phi) is 5.34. The molecule has 1 aromatic rings. The Labute approximate surface area is 104 Å². The lowest BCUT2D eigenvalue weighted by molar-refractivity contribution is 0.281. The van der Waals surface area contributed by atoms with Crippen LogP contribution in [0.2, 0.25) is 0 Å². The number of anilines is 1. The average Bonchev–Trinajstić information content (AvgIpc) is 2.37. The monoisotopic (exact) mass is 257 g/mol. The molecule has 18 heavy (non-hydrogen) atoms. The van der Waals surface area contributed by atoms with E-state index in [1.165, 1.54) is 12.1 Å². The highest BCUT2D eigenvalue weighted by molar-refractivity contribution is 6.02. The van der Waals surface area contributed by atoms with Crippen LogP contribution in [-0.2, 0) is 0 Å². The van der Waals surface area contributed by atoms with Gasteiger partial charge in [-0.1, -0.05) is 11.2 Å². The second-order valence-corrected chi connectivity index (χ2v) is 3.55. The molecule has 0 unspecified atom stereocenters. The molecule has 7 heteroatoms. The van der Waals surface area contributed by atoms with Crippen molar-refractivity contribution in [1.29, 1.82) is 0 Å². The fourth-order valence-electron chi connectivity index (χ4n) is 1.67. The smallest absolute Gasteiger partial charge is 0.175 e. The Hall–Kier alpha value is -1.86. The lowest BCUT2D eigenvalue weighted by Gasteiger charge is -2.25.